The Balaban J connectivity index is 2.22. The second kappa shape index (κ2) is 7.33. The molecular formula is C15H24N4O2. The van der Waals surface area contributed by atoms with Crippen LogP contribution >= 0.6 is 0 Å². The topological polar surface area (TPSA) is 68.2 Å². The summed E-state index contributed by atoms with van der Waals surface area (Å²) in [5.74, 6) is 0.471. The van der Waals surface area contributed by atoms with Crippen LogP contribution in [0.3, 0.4) is 0 Å². The summed E-state index contributed by atoms with van der Waals surface area (Å²) in [4.78, 5) is 18.4. The van der Waals surface area contributed by atoms with Gasteiger partial charge in [0.05, 0.1) is 24.9 Å². The second-order valence-corrected chi connectivity index (χ2v) is 5.34. The Morgan fingerprint density at radius 3 is 2.67 bits per heavy atom. The number of rotatable bonds is 5. The van der Waals surface area contributed by atoms with Gasteiger partial charge in [0.25, 0.3) is 0 Å². The number of aryl methyl sites for hydroxylation is 2. The highest BCUT2D eigenvalue weighted by Crippen LogP contribution is 2.24. The first kappa shape index (κ1) is 15.7. The van der Waals surface area contributed by atoms with Crippen LogP contribution in [0.1, 0.15) is 50.9 Å². The SMILES string of the molecule is CCc1nnc(N2CCCCC2CC(=O)OC)nc1CC. The molecule has 1 unspecified atom stereocenters. The van der Waals surface area contributed by atoms with Gasteiger partial charge in [-0.25, -0.2) is 4.98 Å². The molecule has 1 aromatic rings. The van der Waals surface area contributed by atoms with E-state index in [4.69, 9.17) is 4.74 Å². The molecule has 0 aliphatic carbocycles. The molecule has 0 amide bonds. The van der Waals surface area contributed by atoms with E-state index < -0.39 is 0 Å². The van der Waals surface area contributed by atoms with Crippen LogP contribution < -0.4 is 4.90 Å². The van der Waals surface area contributed by atoms with Crippen molar-refractivity contribution < 1.29 is 9.53 Å². The molecule has 0 bridgehead atoms. The number of hydrogen-bond donors (Lipinski definition) is 0. The van der Waals surface area contributed by atoms with Gasteiger partial charge in [0.2, 0.25) is 5.95 Å². The van der Waals surface area contributed by atoms with Crippen LogP contribution in [0, 0.1) is 0 Å². The summed E-state index contributed by atoms with van der Waals surface area (Å²) in [6.45, 7) is 5.01. The lowest BCUT2D eigenvalue weighted by atomic mass is 10.00. The van der Waals surface area contributed by atoms with E-state index in [1.54, 1.807) is 0 Å². The van der Waals surface area contributed by atoms with E-state index in [9.17, 15) is 4.79 Å². The van der Waals surface area contributed by atoms with Crippen LogP contribution in [0.2, 0.25) is 0 Å². The summed E-state index contributed by atoms with van der Waals surface area (Å²) < 4.78 is 4.80. The minimum Gasteiger partial charge on any atom is -0.469 e. The Labute approximate surface area is 125 Å². The number of nitrogens with zero attached hydrogens (tertiary/aromatic N) is 4. The van der Waals surface area contributed by atoms with E-state index in [2.05, 4.69) is 33.9 Å². The number of piperidine rings is 1. The summed E-state index contributed by atoms with van der Waals surface area (Å²) in [5, 5.41) is 8.58. The smallest absolute Gasteiger partial charge is 0.307 e. The fraction of sp³-hybridized carbons (Fsp3) is 0.733. The van der Waals surface area contributed by atoms with Crippen molar-refractivity contribution in [2.75, 3.05) is 18.6 Å². The van der Waals surface area contributed by atoms with Crippen LogP contribution in [0.4, 0.5) is 5.95 Å². The molecule has 0 radical (unpaired) electrons. The van der Waals surface area contributed by atoms with Crippen molar-refractivity contribution in [1.82, 2.24) is 15.2 Å². The lowest BCUT2D eigenvalue weighted by molar-refractivity contribution is -0.141. The molecule has 2 heterocycles. The molecule has 1 atom stereocenters. The zero-order valence-electron chi connectivity index (χ0n) is 13.1. The minimum atomic E-state index is -0.180. The second-order valence-electron chi connectivity index (χ2n) is 5.34. The molecule has 0 saturated carbocycles. The summed E-state index contributed by atoms with van der Waals surface area (Å²) in [5.41, 5.74) is 1.97. The number of esters is 1. The van der Waals surface area contributed by atoms with E-state index in [0.29, 0.717) is 12.4 Å². The molecular weight excluding hydrogens is 268 g/mol. The predicted molar refractivity (Wildman–Crippen MR) is 80.2 cm³/mol. The quantitative estimate of drug-likeness (QED) is 0.772. The standard InChI is InChI=1S/C15H24N4O2/c1-4-12-13(5-2)17-18-15(16-12)19-9-7-6-8-11(19)10-14(20)21-3/h11H,4-10H2,1-3H3. The largest absolute Gasteiger partial charge is 0.469 e. The summed E-state index contributed by atoms with van der Waals surface area (Å²) in [6.07, 6.45) is 5.26. The highest BCUT2D eigenvalue weighted by Gasteiger charge is 2.27. The molecule has 1 aliphatic rings. The maximum Gasteiger partial charge on any atom is 0.307 e. The maximum absolute atomic E-state index is 11.6. The Hall–Kier alpha value is -1.72. The summed E-state index contributed by atoms with van der Waals surface area (Å²) in [6, 6.07) is 0.116. The van der Waals surface area contributed by atoms with Gasteiger partial charge < -0.3 is 9.64 Å². The van der Waals surface area contributed by atoms with Gasteiger partial charge in [0.15, 0.2) is 0 Å². The van der Waals surface area contributed by atoms with E-state index in [0.717, 1.165) is 50.0 Å². The molecule has 0 N–H and O–H groups in total. The molecule has 1 aliphatic heterocycles. The third-order valence-electron chi connectivity index (χ3n) is 4.01. The van der Waals surface area contributed by atoms with Gasteiger partial charge in [0, 0.05) is 12.6 Å². The Morgan fingerprint density at radius 1 is 1.24 bits per heavy atom. The van der Waals surface area contributed by atoms with Gasteiger partial charge >= 0.3 is 5.97 Å². The molecule has 116 valence electrons. The first-order valence-electron chi connectivity index (χ1n) is 7.75. The monoisotopic (exact) mass is 292 g/mol. The van der Waals surface area contributed by atoms with Crippen LogP contribution in [0.5, 0.6) is 0 Å². The number of methoxy groups -OCH3 is 1. The lowest BCUT2D eigenvalue weighted by Gasteiger charge is -2.35. The zero-order chi connectivity index (χ0) is 15.2. The molecule has 2 rings (SSSR count). The van der Waals surface area contributed by atoms with Crippen LogP contribution in [0.25, 0.3) is 0 Å². The van der Waals surface area contributed by atoms with Gasteiger partial charge in [-0.1, -0.05) is 13.8 Å². The van der Waals surface area contributed by atoms with Crippen LogP contribution in [-0.4, -0.2) is 40.8 Å². The molecule has 1 aromatic heterocycles. The molecule has 0 spiro atoms. The lowest BCUT2D eigenvalue weighted by Crippen LogP contribution is -2.42. The fourth-order valence-electron chi connectivity index (χ4n) is 2.80. The van der Waals surface area contributed by atoms with Crippen molar-refractivity contribution in [3.05, 3.63) is 11.4 Å². The highest BCUT2D eigenvalue weighted by molar-refractivity contribution is 5.70. The van der Waals surface area contributed by atoms with Crippen molar-refractivity contribution in [1.29, 1.82) is 0 Å². The number of carbonyl (C=O) groups is 1. The molecule has 1 fully saturated rings. The van der Waals surface area contributed by atoms with Crippen molar-refractivity contribution in [2.45, 2.75) is 58.4 Å². The third kappa shape index (κ3) is 3.68. The average molecular weight is 292 g/mol. The van der Waals surface area contributed by atoms with E-state index in [-0.39, 0.29) is 12.0 Å². The predicted octanol–water partition coefficient (Wildman–Crippen LogP) is 1.92. The molecule has 6 nitrogen and oxygen atoms in total. The van der Waals surface area contributed by atoms with Crippen molar-refractivity contribution in [3.8, 4) is 0 Å². The molecule has 1 saturated heterocycles. The molecule has 21 heavy (non-hydrogen) atoms. The summed E-state index contributed by atoms with van der Waals surface area (Å²) in [7, 11) is 1.43. The van der Waals surface area contributed by atoms with Crippen molar-refractivity contribution >= 4 is 11.9 Å². The number of ether oxygens (including phenoxy) is 1. The number of anilines is 1. The fourth-order valence-corrected chi connectivity index (χ4v) is 2.80. The van der Waals surface area contributed by atoms with Gasteiger partial charge in [-0.05, 0) is 32.1 Å². The first-order valence-corrected chi connectivity index (χ1v) is 7.75. The van der Waals surface area contributed by atoms with Gasteiger partial charge in [-0.2, -0.15) is 5.10 Å². The number of carbonyl (C=O) groups excluding carboxylic acids is 1. The van der Waals surface area contributed by atoms with Gasteiger partial charge in [0.1, 0.15) is 0 Å². The van der Waals surface area contributed by atoms with Crippen molar-refractivity contribution in [2.24, 2.45) is 0 Å². The normalized spacial score (nSPS) is 18.6. The van der Waals surface area contributed by atoms with Crippen LogP contribution in [-0.2, 0) is 22.4 Å². The highest BCUT2D eigenvalue weighted by atomic mass is 16.5. The third-order valence-corrected chi connectivity index (χ3v) is 4.01. The zero-order valence-corrected chi connectivity index (χ0v) is 13.1. The number of hydrogen-bond acceptors (Lipinski definition) is 6. The Bertz CT molecular complexity index is 493. The maximum atomic E-state index is 11.6. The van der Waals surface area contributed by atoms with Gasteiger partial charge in [-0.3, -0.25) is 4.79 Å². The van der Waals surface area contributed by atoms with E-state index in [1.807, 2.05) is 0 Å². The Morgan fingerprint density at radius 2 is 2.00 bits per heavy atom. The van der Waals surface area contributed by atoms with E-state index >= 15 is 0 Å². The first-order chi connectivity index (χ1) is 10.2. The molecule has 0 aromatic carbocycles. The average Bonchev–Trinajstić information content (AvgIpc) is 2.54. The van der Waals surface area contributed by atoms with Crippen molar-refractivity contribution in [3.63, 3.8) is 0 Å². The Kier molecular flexibility index (Phi) is 5.47. The minimum absolute atomic E-state index is 0.116. The van der Waals surface area contributed by atoms with E-state index in [1.165, 1.54) is 7.11 Å². The molecule has 6 heteroatoms. The summed E-state index contributed by atoms with van der Waals surface area (Å²) >= 11 is 0. The van der Waals surface area contributed by atoms with Gasteiger partial charge in [-0.15, -0.1) is 5.10 Å². The number of aromatic nitrogens is 3. The van der Waals surface area contributed by atoms with Crippen LogP contribution in [0.15, 0.2) is 0 Å².